The predicted octanol–water partition coefficient (Wildman–Crippen LogP) is 4.58. The zero-order valence-electron chi connectivity index (χ0n) is 26.6. The summed E-state index contributed by atoms with van der Waals surface area (Å²) in [5.74, 6) is -1.52. The number of carbonyl (C=O) groups is 4. The molecule has 236 valence electrons. The SMILES string of the molecule is COC(=O)[C@@]12C[C@H](CC(=O)NCCCN3CCCC3=O)C(=O)N(Cc3cccc4ccccc34)C1=C[C@@H](C(C)(C)C)O[C@H]2C. The number of piperidine rings is 1. The lowest BCUT2D eigenvalue weighted by molar-refractivity contribution is -0.180. The van der Waals surface area contributed by atoms with E-state index in [9.17, 15) is 19.2 Å². The Labute approximate surface area is 259 Å². The maximum absolute atomic E-state index is 14.4. The molecule has 9 nitrogen and oxygen atoms in total. The summed E-state index contributed by atoms with van der Waals surface area (Å²) in [6, 6.07) is 14.0. The van der Waals surface area contributed by atoms with Crippen molar-refractivity contribution in [1.82, 2.24) is 15.1 Å². The molecule has 3 aliphatic rings. The minimum atomic E-state index is -1.25. The van der Waals surface area contributed by atoms with E-state index in [0.717, 1.165) is 29.3 Å². The first-order valence-corrected chi connectivity index (χ1v) is 15.7. The van der Waals surface area contributed by atoms with Crippen LogP contribution < -0.4 is 5.32 Å². The summed E-state index contributed by atoms with van der Waals surface area (Å²) in [5, 5.41) is 5.02. The molecule has 2 saturated heterocycles. The van der Waals surface area contributed by atoms with Gasteiger partial charge in [-0.2, -0.15) is 0 Å². The van der Waals surface area contributed by atoms with Crippen LogP contribution in [0.2, 0.25) is 0 Å². The number of fused-ring (bicyclic) bond motifs is 2. The van der Waals surface area contributed by atoms with Gasteiger partial charge in [-0.3, -0.25) is 19.2 Å². The van der Waals surface area contributed by atoms with E-state index in [0.29, 0.717) is 31.6 Å². The topological polar surface area (TPSA) is 105 Å². The molecular weight excluding hydrogens is 558 g/mol. The molecule has 3 aliphatic heterocycles. The molecular formula is C35H45N3O6. The number of nitrogens with zero attached hydrogens (tertiary/aromatic N) is 2. The molecule has 0 saturated carbocycles. The number of benzene rings is 2. The zero-order valence-corrected chi connectivity index (χ0v) is 26.6. The normalized spacial score (nSPS) is 25.6. The summed E-state index contributed by atoms with van der Waals surface area (Å²) in [6.07, 6.45) is 3.15. The van der Waals surface area contributed by atoms with Crippen molar-refractivity contribution in [2.45, 2.75) is 78.6 Å². The van der Waals surface area contributed by atoms with Gasteiger partial charge >= 0.3 is 5.97 Å². The van der Waals surface area contributed by atoms with E-state index in [1.165, 1.54) is 7.11 Å². The summed E-state index contributed by atoms with van der Waals surface area (Å²) >= 11 is 0. The Hall–Kier alpha value is -3.72. The molecule has 1 N–H and O–H groups in total. The highest BCUT2D eigenvalue weighted by atomic mass is 16.5. The molecule has 2 aromatic rings. The lowest BCUT2D eigenvalue weighted by atomic mass is 9.65. The van der Waals surface area contributed by atoms with Crippen LogP contribution in [0.1, 0.15) is 65.4 Å². The predicted molar refractivity (Wildman–Crippen MR) is 167 cm³/mol. The van der Waals surface area contributed by atoms with Gasteiger partial charge in [-0.15, -0.1) is 0 Å². The Morgan fingerprint density at radius 2 is 1.86 bits per heavy atom. The van der Waals surface area contributed by atoms with Gasteiger partial charge in [-0.25, -0.2) is 0 Å². The fraction of sp³-hybridized carbons (Fsp3) is 0.543. The summed E-state index contributed by atoms with van der Waals surface area (Å²) < 4.78 is 11.9. The fourth-order valence-corrected chi connectivity index (χ4v) is 6.94. The van der Waals surface area contributed by atoms with Gasteiger partial charge in [0, 0.05) is 44.1 Å². The number of hydrogen-bond acceptors (Lipinski definition) is 6. The van der Waals surface area contributed by atoms with Crippen molar-refractivity contribution >= 4 is 34.5 Å². The van der Waals surface area contributed by atoms with E-state index < -0.39 is 23.4 Å². The van der Waals surface area contributed by atoms with E-state index in [-0.39, 0.29) is 48.6 Å². The molecule has 0 spiro atoms. The van der Waals surface area contributed by atoms with E-state index in [1.807, 2.05) is 60.4 Å². The van der Waals surface area contributed by atoms with Crippen molar-refractivity contribution in [2.75, 3.05) is 26.7 Å². The van der Waals surface area contributed by atoms with Crippen molar-refractivity contribution in [3.05, 3.63) is 59.8 Å². The molecule has 9 heteroatoms. The van der Waals surface area contributed by atoms with Gasteiger partial charge in [0.05, 0.1) is 25.9 Å². The van der Waals surface area contributed by atoms with Crippen LogP contribution in [-0.2, 0) is 35.2 Å². The van der Waals surface area contributed by atoms with Gasteiger partial charge in [0.1, 0.15) is 5.41 Å². The van der Waals surface area contributed by atoms with Crippen molar-refractivity contribution < 1.29 is 28.7 Å². The van der Waals surface area contributed by atoms with Crippen LogP contribution in [-0.4, -0.2) is 72.4 Å². The molecule has 0 aliphatic carbocycles. The highest BCUT2D eigenvalue weighted by molar-refractivity contribution is 5.93. The average molecular weight is 604 g/mol. The number of amides is 3. The molecule has 0 bridgehead atoms. The van der Waals surface area contributed by atoms with Crippen LogP contribution in [0.15, 0.2) is 54.2 Å². The lowest BCUT2D eigenvalue weighted by Crippen LogP contribution is -2.61. The van der Waals surface area contributed by atoms with Gasteiger partial charge in [0.15, 0.2) is 0 Å². The Morgan fingerprint density at radius 1 is 1.11 bits per heavy atom. The standard InChI is InChI=1S/C35H45N3O6/c1-23-35(33(42)43-5)21-26(19-30(39)36-16-10-18-37-17-9-15-31(37)40)32(41)38(28(35)20-29(44-23)34(2,3)4)22-25-13-8-12-24-11-6-7-14-27(24)25/h6-8,11-14,20,23,26,29H,9-10,15-19,21-22H2,1-5H3,(H,36,39)/t23-,26-,29-,35+/m0/s1. The first kappa shape index (κ1) is 31.7. The van der Waals surface area contributed by atoms with Crippen molar-refractivity contribution in [2.24, 2.45) is 16.7 Å². The van der Waals surface area contributed by atoms with Gasteiger partial charge < -0.3 is 24.6 Å². The highest BCUT2D eigenvalue weighted by Gasteiger charge is 2.60. The molecule has 4 atom stereocenters. The van der Waals surface area contributed by atoms with Gasteiger partial charge in [0.25, 0.3) is 0 Å². The van der Waals surface area contributed by atoms with Gasteiger partial charge in [-0.1, -0.05) is 63.2 Å². The number of ether oxygens (including phenoxy) is 2. The fourth-order valence-electron chi connectivity index (χ4n) is 6.94. The molecule has 2 aromatic carbocycles. The van der Waals surface area contributed by atoms with Crippen molar-refractivity contribution in [1.29, 1.82) is 0 Å². The number of likely N-dealkylation sites (tertiary alicyclic amines) is 2. The van der Waals surface area contributed by atoms with Crippen LogP contribution in [0.4, 0.5) is 0 Å². The maximum Gasteiger partial charge on any atom is 0.320 e. The Balaban J connectivity index is 1.46. The lowest BCUT2D eigenvalue weighted by Gasteiger charge is -2.53. The molecule has 0 unspecified atom stereocenters. The van der Waals surface area contributed by atoms with Crippen molar-refractivity contribution in [3.63, 3.8) is 0 Å². The second-order valence-electron chi connectivity index (χ2n) is 13.4. The third kappa shape index (κ3) is 6.11. The highest BCUT2D eigenvalue weighted by Crippen LogP contribution is 2.52. The van der Waals surface area contributed by atoms with E-state index >= 15 is 0 Å². The Kier molecular flexibility index (Phi) is 9.16. The first-order chi connectivity index (χ1) is 21.0. The number of rotatable bonds is 9. The third-order valence-electron chi connectivity index (χ3n) is 9.43. The number of methoxy groups -OCH3 is 1. The second kappa shape index (κ2) is 12.7. The Bertz CT molecular complexity index is 1460. The van der Waals surface area contributed by atoms with E-state index in [4.69, 9.17) is 9.47 Å². The molecule has 0 aromatic heterocycles. The van der Waals surface area contributed by atoms with Crippen LogP contribution >= 0.6 is 0 Å². The van der Waals surface area contributed by atoms with Crippen LogP contribution in [0.25, 0.3) is 10.8 Å². The summed E-state index contributed by atoms with van der Waals surface area (Å²) in [6.45, 7) is 10.1. The maximum atomic E-state index is 14.4. The Morgan fingerprint density at radius 3 is 2.57 bits per heavy atom. The van der Waals surface area contributed by atoms with Crippen LogP contribution in [0.5, 0.6) is 0 Å². The second-order valence-corrected chi connectivity index (χ2v) is 13.4. The monoisotopic (exact) mass is 603 g/mol. The minimum absolute atomic E-state index is 0.0606. The van der Waals surface area contributed by atoms with Crippen LogP contribution in [0, 0.1) is 16.7 Å². The van der Waals surface area contributed by atoms with Crippen LogP contribution in [0.3, 0.4) is 0 Å². The van der Waals surface area contributed by atoms with Gasteiger partial charge in [-0.05, 0) is 54.0 Å². The van der Waals surface area contributed by atoms with Gasteiger partial charge in [0.2, 0.25) is 17.7 Å². The zero-order chi connectivity index (χ0) is 31.6. The largest absolute Gasteiger partial charge is 0.468 e. The smallest absolute Gasteiger partial charge is 0.320 e. The van der Waals surface area contributed by atoms with E-state index in [1.54, 1.807) is 4.90 Å². The minimum Gasteiger partial charge on any atom is -0.468 e. The van der Waals surface area contributed by atoms with Crippen molar-refractivity contribution in [3.8, 4) is 0 Å². The summed E-state index contributed by atoms with van der Waals surface area (Å²) in [5.41, 5.74) is 0.00139. The summed E-state index contributed by atoms with van der Waals surface area (Å²) in [4.78, 5) is 56.8. The molecule has 0 radical (unpaired) electrons. The third-order valence-corrected chi connectivity index (χ3v) is 9.43. The molecule has 3 heterocycles. The summed E-state index contributed by atoms with van der Waals surface area (Å²) in [7, 11) is 1.36. The quantitative estimate of drug-likeness (QED) is 0.332. The first-order valence-electron chi connectivity index (χ1n) is 15.7. The molecule has 5 rings (SSSR count). The number of hydrogen-bond donors (Lipinski definition) is 1. The molecule has 44 heavy (non-hydrogen) atoms. The number of carbonyl (C=O) groups excluding carboxylic acids is 4. The number of esters is 1. The van der Waals surface area contributed by atoms with E-state index in [2.05, 4.69) is 26.1 Å². The molecule has 2 fully saturated rings. The number of nitrogens with one attached hydrogen (secondary N) is 1. The molecule has 3 amide bonds. The average Bonchev–Trinajstić information content (AvgIpc) is 3.41.